The Balaban J connectivity index is 2.60. The number of hydrogen-bond donors (Lipinski definition) is 0. The van der Waals surface area contributed by atoms with Gasteiger partial charge in [-0.3, -0.25) is 9.59 Å². The van der Waals surface area contributed by atoms with Crippen molar-refractivity contribution in [2.45, 2.75) is 0 Å². The molecule has 0 N–H and O–H groups in total. The Morgan fingerprint density at radius 2 is 1.75 bits per heavy atom. The van der Waals surface area contributed by atoms with Gasteiger partial charge in [0, 0.05) is 12.6 Å². The maximum absolute atomic E-state index is 11.9. The summed E-state index contributed by atoms with van der Waals surface area (Å²) in [6, 6.07) is 8.63. The van der Waals surface area contributed by atoms with E-state index in [-0.39, 0.29) is 11.1 Å². The van der Waals surface area contributed by atoms with Gasteiger partial charge >= 0.3 is 0 Å². The van der Waals surface area contributed by atoms with Crippen LogP contribution >= 0.6 is 0 Å². The Bertz CT molecular complexity index is 704. The lowest BCUT2D eigenvalue weighted by atomic mass is 10.1. The van der Waals surface area contributed by atoms with Crippen LogP contribution in [-0.2, 0) is 7.05 Å². The van der Waals surface area contributed by atoms with Crippen molar-refractivity contribution in [1.29, 1.82) is 0 Å². The molecule has 1 aromatic carbocycles. The molecule has 5 heteroatoms. The first-order valence-corrected chi connectivity index (χ1v) is 6.00. The first-order valence-electron chi connectivity index (χ1n) is 6.00. The van der Waals surface area contributed by atoms with Crippen LogP contribution in [0.2, 0.25) is 0 Å². The van der Waals surface area contributed by atoms with Crippen LogP contribution in [0.4, 0.5) is 0 Å². The lowest BCUT2D eigenvalue weighted by Crippen LogP contribution is -2.21. The van der Waals surface area contributed by atoms with E-state index in [0.29, 0.717) is 23.5 Å². The number of carbonyl (C=O) groups excluding carboxylic acids is 1. The van der Waals surface area contributed by atoms with Crippen LogP contribution in [0.15, 0.2) is 35.1 Å². The van der Waals surface area contributed by atoms with E-state index in [0.717, 1.165) is 5.56 Å². The van der Waals surface area contributed by atoms with Crippen LogP contribution in [0.25, 0.3) is 11.3 Å². The SMILES string of the molecule is COc1ccc(-c2ccc(C=O)c(=O)n2C)cc1OC. The number of nitrogens with zero attached hydrogens (tertiary/aromatic N) is 1. The maximum Gasteiger partial charge on any atom is 0.261 e. The van der Waals surface area contributed by atoms with E-state index in [2.05, 4.69) is 0 Å². The standard InChI is InChI=1S/C15H15NO4/c1-16-12(6-4-11(9-17)15(16)18)10-5-7-13(19-2)14(8-10)20-3/h4-9H,1-3H3. The van der Waals surface area contributed by atoms with Crippen LogP contribution in [0.1, 0.15) is 10.4 Å². The highest BCUT2D eigenvalue weighted by Gasteiger charge is 2.10. The highest BCUT2D eigenvalue weighted by atomic mass is 16.5. The van der Waals surface area contributed by atoms with E-state index < -0.39 is 0 Å². The molecule has 1 aromatic heterocycles. The second kappa shape index (κ2) is 5.61. The number of aldehydes is 1. The Morgan fingerprint density at radius 3 is 2.35 bits per heavy atom. The zero-order valence-corrected chi connectivity index (χ0v) is 11.5. The molecule has 0 fully saturated rings. The zero-order chi connectivity index (χ0) is 14.7. The number of hydrogen-bond acceptors (Lipinski definition) is 4. The molecule has 0 aliphatic rings. The molecule has 104 valence electrons. The minimum absolute atomic E-state index is 0.136. The molecule has 0 aliphatic heterocycles. The summed E-state index contributed by atoms with van der Waals surface area (Å²) in [5, 5.41) is 0. The van der Waals surface area contributed by atoms with Crippen molar-refractivity contribution in [3.8, 4) is 22.8 Å². The largest absolute Gasteiger partial charge is 0.493 e. The van der Waals surface area contributed by atoms with E-state index >= 15 is 0 Å². The number of ether oxygens (including phenoxy) is 2. The van der Waals surface area contributed by atoms with Gasteiger partial charge in [-0.1, -0.05) is 0 Å². The maximum atomic E-state index is 11.9. The molecule has 2 rings (SSSR count). The summed E-state index contributed by atoms with van der Waals surface area (Å²) in [6.07, 6.45) is 0.556. The molecule has 20 heavy (non-hydrogen) atoms. The fourth-order valence-corrected chi connectivity index (χ4v) is 2.03. The zero-order valence-electron chi connectivity index (χ0n) is 11.5. The van der Waals surface area contributed by atoms with Crippen molar-refractivity contribution < 1.29 is 14.3 Å². The molecule has 1 heterocycles. The topological polar surface area (TPSA) is 57.5 Å². The number of benzene rings is 1. The number of carbonyl (C=O) groups is 1. The quantitative estimate of drug-likeness (QED) is 0.798. The number of aromatic nitrogens is 1. The highest BCUT2D eigenvalue weighted by Crippen LogP contribution is 2.31. The van der Waals surface area contributed by atoms with E-state index in [4.69, 9.17) is 9.47 Å². The molecule has 0 bridgehead atoms. The molecule has 0 atom stereocenters. The molecule has 0 radical (unpaired) electrons. The Morgan fingerprint density at radius 1 is 1.05 bits per heavy atom. The summed E-state index contributed by atoms with van der Waals surface area (Å²) >= 11 is 0. The number of pyridine rings is 1. The van der Waals surface area contributed by atoms with Gasteiger partial charge in [-0.15, -0.1) is 0 Å². The van der Waals surface area contributed by atoms with Crippen molar-refractivity contribution in [3.05, 3.63) is 46.2 Å². The van der Waals surface area contributed by atoms with Crippen molar-refractivity contribution in [1.82, 2.24) is 4.57 Å². The number of methoxy groups -OCH3 is 2. The van der Waals surface area contributed by atoms with Crippen molar-refractivity contribution in [3.63, 3.8) is 0 Å². The Hall–Kier alpha value is -2.56. The monoisotopic (exact) mass is 273 g/mol. The van der Waals surface area contributed by atoms with Gasteiger partial charge in [-0.2, -0.15) is 0 Å². The average Bonchev–Trinajstić information content (AvgIpc) is 2.49. The van der Waals surface area contributed by atoms with Gasteiger partial charge in [0.2, 0.25) is 0 Å². The summed E-state index contributed by atoms with van der Waals surface area (Å²) in [5.74, 6) is 1.20. The first-order chi connectivity index (χ1) is 9.62. The van der Waals surface area contributed by atoms with Gasteiger partial charge in [0.15, 0.2) is 17.8 Å². The van der Waals surface area contributed by atoms with Crippen molar-refractivity contribution in [2.24, 2.45) is 7.05 Å². The fraction of sp³-hybridized carbons (Fsp3) is 0.200. The molecule has 0 saturated heterocycles. The fourth-order valence-electron chi connectivity index (χ4n) is 2.03. The predicted molar refractivity (Wildman–Crippen MR) is 75.6 cm³/mol. The van der Waals surface area contributed by atoms with Gasteiger partial charge in [0.05, 0.1) is 25.5 Å². The van der Waals surface area contributed by atoms with Crippen LogP contribution < -0.4 is 15.0 Å². The third kappa shape index (κ3) is 2.30. The average molecular weight is 273 g/mol. The minimum Gasteiger partial charge on any atom is -0.493 e. The second-order valence-corrected chi connectivity index (χ2v) is 4.23. The lowest BCUT2D eigenvalue weighted by Gasteiger charge is -2.12. The van der Waals surface area contributed by atoms with Crippen molar-refractivity contribution >= 4 is 6.29 Å². The molecule has 0 spiro atoms. The summed E-state index contributed by atoms with van der Waals surface area (Å²) < 4.78 is 11.9. The first kappa shape index (κ1) is 13.9. The molecule has 0 saturated carbocycles. The molecular weight excluding hydrogens is 258 g/mol. The third-order valence-corrected chi connectivity index (χ3v) is 3.14. The third-order valence-electron chi connectivity index (χ3n) is 3.14. The molecule has 0 unspecified atom stereocenters. The van der Waals surface area contributed by atoms with Gasteiger partial charge in [0.25, 0.3) is 5.56 Å². The van der Waals surface area contributed by atoms with Gasteiger partial charge in [0.1, 0.15) is 0 Å². The van der Waals surface area contributed by atoms with Crippen LogP contribution in [0.3, 0.4) is 0 Å². The van der Waals surface area contributed by atoms with E-state index in [9.17, 15) is 9.59 Å². The van der Waals surface area contributed by atoms with Gasteiger partial charge in [-0.05, 0) is 30.3 Å². The Labute approximate surface area is 116 Å². The highest BCUT2D eigenvalue weighted by molar-refractivity contribution is 5.75. The second-order valence-electron chi connectivity index (χ2n) is 4.23. The van der Waals surface area contributed by atoms with E-state index in [1.54, 1.807) is 39.5 Å². The molecule has 0 aliphatic carbocycles. The summed E-state index contributed by atoms with van der Waals surface area (Å²) in [4.78, 5) is 22.7. The molecular formula is C15H15NO4. The van der Waals surface area contributed by atoms with Crippen LogP contribution in [0, 0.1) is 0 Å². The normalized spacial score (nSPS) is 10.2. The predicted octanol–water partition coefficient (Wildman–Crippen LogP) is 1.88. The summed E-state index contributed by atoms with van der Waals surface area (Å²) in [6.45, 7) is 0. The van der Waals surface area contributed by atoms with Crippen molar-refractivity contribution in [2.75, 3.05) is 14.2 Å². The molecule has 5 nitrogen and oxygen atoms in total. The smallest absolute Gasteiger partial charge is 0.261 e. The minimum atomic E-state index is -0.327. The van der Waals surface area contributed by atoms with E-state index in [1.165, 1.54) is 10.6 Å². The van der Waals surface area contributed by atoms with E-state index in [1.807, 2.05) is 6.07 Å². The van der Waals surface area contributed by atoms with Gasteiger partial charge < -0.3 is 14.0 Å². The summed E-state index contributed by atoms with van der Waals surface area (Å²) in [7, 11) is 4.74. The Kier molecular flexibility index (Phi) is 3.89. The van der Waals surface area contributed by atoms with Crippen LogP contribution in [-0.4, -0.2) is 25.1 Å². The van der Waals surface area contributed by atoms with Gasteiger partial charge in [-0.25, -0.2) is 0 Å². The number of rotatable bonds is 4. The lowest BCUT2D eigenvalue weighted by molar-refractivity contribution is 0.112. The van der Waals surface area contributed by atoms with Crippen LogP contribution in [0.5, 0.6) is 11.5 Å². The summed E-state index contributed by atoms with van der Waals surface area (Å²) in [5.41, 5.74) is 1.31. The molecule has 2 aromatic rings. The molecule has 0 amide bonds.